The third-order valence-corrected chi connectivity index (χ3v) is 6.27. The number of hydrogen-bond acceptors (Lipinski definition) is 3. The van der Waals surface area contributed by atoms with Crippen molar-refractivity contribution in [3.05, 3.63) is 77.4 Å². The van der Waals surface area contributed by atoms with Crippen molar-refractivity contribution in [1.29, 1.82) is 0 Å². The van der Waals surface area contributed by atoms with Crippen LogP contribution in [-0.2, 0) is 20.9 Å². The van der Waals surface area contributed by atoms with Crippen LogP contribution in [0.1, 0.15) is 29.2 Å². The fourth-order valence-electron chi connectivity index (χ4n) is 3.63. The number of hydrogen-bond donors (Lipinski definition) is 0. The van der Waals surface area contributed by atoms with E-state index in [9.17, 15) is 21.6 Å². The topological polar surface area (TPSA) is 55.7 Å². The summed E-state index contributed by atoms with van der Waals surface area (Å²) < 4.78 is 73.2. The smallest absolute Gasteiger partial charge is 0.368 e. The van der Waals surface area contributed by atoms with Crippen LogP contribution in [-0.4, -0.2) is 20.7 Å². The molecule has 0 radical (unpaired) electrons. The maximum atomic E-state index is 12.9. The largest absolute Gasteiger partial charge is 0.416 e. The molecule has 0 spiro atoms. The lowest BCUT2D eigenvalue weighted by molar-refractivity contribution is -0.137. The monoisotopic (exact) mass is 407 g/mol. The fraction of sp³-hybridized carbons (Fsp3) is 0.250. The molecule has 4 nitrogen and oxygen atoms in total. The minimum absolute atomic E-state index is 0.132. The lowest BCUT2D eigenvalue weighted by atomic mass is 9.82. The number of ether oxygens (including phenoxy) is 1. The Balaban J connectivity index is 1.76. The van der Waals surface area contributed by atoms with E-state index in [-0.39, 0.29) is 11.5 Å². The van der Waals surface area contributed by atoms with Gasteiger partial charge in [-0.25, -0.2) is 0 Å². The first-order valence-electron chi connectivity index (χ1n) is 8.56. The highest BCUT2D eigenvalue weighted by Crippen LogP contribution is 2.42. The van der Waals surface area contributed by atoms with Gasteiger partial charge in [-0.15, -0.1) is 0 Å². The zero-order valence-corrected chi connectivity index (χ0v) is 15.4. The second-order valence-corrected chi connectivity index (χ2v) is 8.43. The highest BCUT2D eigenvalue weighted by molar-refractivity contribution is 7.90. The molecule has 0 N–H and O–H groups in total. The molecule has 4 rings (SSSR count). The zero-order chi connectivity index (χ0) is 20.1. The van der Waals surface area contributed by atoms with E-state index in [4.69, 9.17) is 4.74 Å². The Hall–Kier alpha value is -2.45. The Kier molecular flexibility index (Phi) is 4.43. The summed E-state index contributed by atoms with van der Waals surface area (Å²) in [6.45, 7) is 4.18. The van der Waals surface area contributed by atoms with Gasteiger partial charge in [0.25, 0.3) is 10.0 Å². The van der Waals surface area contributed by atoms with E-state index in [1.165, 1.54) is 18.2 Å². The lowest BCUT2D eigenvalue weighted by Gasteiger charge is -2.33. The van der Waals surface area contributed by atoms with Gasteiger partial charge < -0.3 is 4.74 Å². The van der Waals surface area contributed by atoms with Crippen LogP contribution >= 0.6 is 0 Å². The molecule has 28 heavy (non-hydrogen) atoms. The number of halogens is 3. The van der Waals surface area contributed by atoms with Gasteiger partial charge >= 0.3 is 6.18 Å². The first-order valence-corrected chi connectivity index (χ1v) is 10.0. The summed E-state index contributed by atoms with van der Waals surface area (Å²) in [5, 5.41) is 0. The molecule has 2 aromatic rings. The average molecular weight is 407 g/mol. The van der Waals surface area contributed by atoms with Crippen LogP contribution in [0.5, 0.6) is 0 Å². The van der Waals surface area contributed by atoms with Gasteiger partial charge in [-0.1, -0.05) is 42.5 Å². The predicted molar refractivity (Wildman–Crippen MR) is 97.5 cm³/mol. The summed E-state index contributed by atoms with van der Waals surface area (Å²) in [4.78, 5) is 0.132. The summed E-state index contributed by atoms with van der Waals surface area (Å²) >= 11 is 0. The van der Waals surface area contributed by atoms with E-state index in [0.717, 1.165) is 17.7 Å². The standard InChI is InChI=1S/C20H16F3NO3S/c1-12-10-16(18-15-4-2-3-5-17(15)28(25,26)24-18)19(27-11-12)13-6-8-14(9-7-13)20(21,22)23/h2-9,16,19H,1,10-11H2/t16-,19-/m1/s1. The lowest BCUT2D eigenvalue weighted by Crippen LogP contribution is -2.30. The van der Waals surface area contributed by atoms with Gasteiger partial charge in [0.1, 0.15) is 0 Å². The van der Waals surface area contributed by atoms with Gasteiger partial charge in [0.05, 0.1) is 28.9 Å². The molecular weight excluding hydrogens is 391 g/mol. The number of sulfonamides is 1. The predicted octanol–water partition coefficient (Wildman–Crippen LogP) is 4.53. The highest BCUT2D eigenvalue weighted by atomic mass is 32.2. The van der Waals surface area contributed by atoms with Crippen LogP contribution < -0.4 is 0 Å². The second-order valence-electron chi connectivity index (χ2n) is 6.86. The second kappa shape index (κ2) is 6.56. The summed E-state index contributed by atoms with van der Waals surface area (Å²) in [6.07, 6.45) is -4.61. The third-order valence-electron chi connectivity index (χ3n) is 4.92. The number of alkyl halides is 3. The Bertz CT molecular complexity index is 1070. The first kappa shape index (κ1) is 18.9. The van der Waals surface area contributed by atoms with Crippen LogP contribution in [0.4, 0.5) is 13.2 Å². The van der Waals surface area contributed by atoms with Crippen molar-refractivity contribution >= 4 is 15.7 Å². The quantitative estimate of drug-likeness (QED) is 0.688. The van der Waals surface area contributed by atoms with Crippen LogP contribution in [0.15, 0.2) is 70.0 Å². The molecule has 146 valence electrons. The molecule has 2 heterocycles. The van der Waals surface area contributed by atoms with Crippen molar-refractivity contribution in [2.75, 3.05) is 6.61 Å². The molecule has 0 saturated carbocycles. The van der Waals surface area contributed by atoms with Crippen molar-refractivity contribution in [3.8, 4) is 0 Å². The fourth-order valence-corrected chi connectivity index (χ4v) is 4.92. The van der Waals surface area contributed by atoms with E-state index in [1.54, 1.807) is 18.2 Å². The molecule has 8 heteroatoms. The minimum Gasteiger partial charge on any atom is -0.368 e. The van der Waals surface area contributed by atoms with E-state index in [2.05, 4.69) is 11.0 Å². The van der Waals surface area contributed by atoms with Gasteiger partial charge in [-0.05, 0) is 30.2 Å². The molecule has 0 aliphatic carbocycles. The van der Waals surface area contributed by atoms with Gasteiger partial charge in [0, 0.05) is 11.5 Å². The SMILES string of the molecule is C=C1CO[C@H](c2ccc(C(F)(F)F)cc2)[C@@H](C2=NS(=O)(=O)c3ccccc32)C1. The molecule has 0 amide bonds. The van der Waals surface area contributed by atoms with Crippen molar-refractivity contribution in [3.63, 3.8) is 0 Å². The minimum atomic E-state index is -4.43. The number of nitrogens with zero attached hydrogens (tertiary/aromatic N) is 1. The molecule has 1 saturated heterocycles. The summed E-state index contributed by atoms with van der Waals surface area (Å²) in [5.41, 5.74) is 1.43. The molecule has 2 aliphatic heterocycles. The van der Waals surface area contributed by atoms with Crippen LogP contribution in [0.25, 0.3) is 0 Å². The first-order chi connectivity index (χ1) is 13.2. The van der Waals surface area contributed by atoms with Gasteiger partial charge in [-0.2, -0.15) is 26.0 Å². The van der Waals surface area contributed by atoms with E-state index in [0.29, 0.717) is 23.3 Å². The van der Waals surface area contributed by atoms with Gasteiger partial charge in [-0.3, -0.25) is 0 Å². The van der Waals surface area contributed by atoms with E-state index >= 15 is 0 Å². The molecule has 2 aromatic carbocycles. The zero-order valence-electron chi connectivity index (χ0n) is 14.6. The van der Waals surface area contributed by atoms with Crippen LogP contribution in [0.2, 0.25) is 0 Å². The number of benzene rings is 2. The molecule has 1 fully saturated rings. The Morgan fingerprint density at radius 2 is 1.75 bits per heavy atom. The van der Waals surface area contributed by atoms with Crippen LogP contribution in [0, 0.1) is 5.92 Å². The van der Waals surface area contributed by atoms with Crippen molar-refractivity contribution in [1.82, 2.24) is 0 Å². The van der Waals surface area contributed by atoms with Crippen molar-refractivity contribution in [2.45, 2.75) is 23.6 Å². The molecular formula is C20H16F3NO3S. The van der Waals surface area contributed by atoms with Crippen LogP contribution in [0.3, 0.4) is 0 Å². The van der Waals surface area contributed by atoms with E-state index < -0.39 is 33.8 Å². The molecule has 0 unspecified atom stereocenters. The van der Waals surface area contributed by atoms with Crippen molar-refractivity contribution in [2.24, 2.45) is 10.3 Å². The van der Waals surface area contributed by atoms with Crippen molar-refractivity contribution < 1.29 is 26.3 Å². The summed E-state index contributed by atoms with van der Waals surface area (Å²) in [7, 11) is -3.80. The maximum absolute atomic E-state index is 12.9. The van der Waals surface area contributed by atoms with E-state index in [1.807, 2.05) is 0 Å². The summed E-state index contributed by atoms with van der Waals surface area (Å²) in [6, 6.07) is 11.3. The third kappa shape index (κ3) is 3.27. The Morgan fingerprint density at radius 1 is 1.07 bits per heavy atom. The average Bonchev–Trinajstić information content (AvgIpc) is 2.93. The Morgan fingerprint density at radius 3 is 2.43 bits per heavy atom. The normalized spacial score (nSPS) is 24.0. The Labute approximate surface area is 160 Å². The highest BCUT2D eigenvalue weighted by Gasteiger charge is 2.40. The summed E-state index contributed by atoms with van der Waals surface area (Å²) in [5.74, 6) is -0.462. The molecule has 2 atom stereocenters. The van der Waals surface area contributed by atoms with Gasteiger partial charge in [0.15, 0.2) is 0 Å². The molecule has 0 bridgehead atoms. The molecule has 0 aromatic heterocycles. The number of rotatable bonds is 2. The number of fused-ring (bicyclic) bond motifs is 1. The molecule has 2 aliphatic rings. The van der Waals surface area contributed by atoms with Gasteiger partial charge in [0.2, 0.25) is 0 Å². The maximum Gasteiger partial charge on any atom is 0.416 e.